The SMILES string of the molecule is CCc1oc2ccccc2c1-c1cn(C)c(C(Nc2c(C(C)C)cccc2C(C)C)c2c(C)cc(C)cc2C)n1. The summed E-state index contributed by atoms with van der Waals surface area (Å²) < 4.78 is 8.46. The number of imidazole rings is 1. The molecular weight excluding hydrogens is 490 g/mol. The maximum atomic E-state index is 6.26. The summed E-state index contributed by atoms with van der Waals surface area (Å²) in [4.78, 5) is 5.38. The van der Waals surface area contributed by atoms with Gasteiger partial charge in [0.05, 0.1) is 11.3 Å². The summed E-state index contributed by atoms with van der Waals surface area (Å²) in [6.07, 6.45) is 2.98. The maximum absolute atomic E-state index is 6.26. The van der Waals surface area contributed by atoms with Crippen molar-refractivity contribution in [2.45, 2.75) is 79.7 Å². The van der Waals surface area contributed by atoms with E-state index in [1.807, 2.05) is 12.1 Å². The van der Waals surface area contributed by atoms with Gasteiger partial charge in [-0.3, -0.25) is 0 Å². The Morgan fingerprint density at radius 2 is 1.50 bits per heavy atom. The predicted octanol–water partition coefficient (Wildman–Crippen LogP) is 9.77. The summed E-state index contributed by atoms with van der Waals surface area (Å²) in [7, 11) is 2.12. The molecule has 0 radical (unpaired) electrons. The number of nitrogens with one attached hydrogen (secondary N) is 1. The zero-order valence-electron chi connectivity index (χ0n) is 25.5. The lowest BCUT2D eigenvalue weighted by Gasteiger charge is -2.28. The molecule has 2 heterocycles. The fourth-order valence-electron chi connectivity index (χ4n) is 6.27. The third kappa shape index (κ3) is 4.96. The standard InChI is InChI=1S/C36H43N3O/c1-10-30-33(28-14-11-12-17-31(28)40-30)29-20-39(9)36(37-29)35(32-24(7)18-23(6)19-25(32)8)38-34-26(21(2)3)15-13-16-27(34)22(4)5/h11-22,35,38H,10H2,1-9H3. The number of hydrogen-bond donors (Lipinski definition) is 1. The van der Waals surface area contributed by atoms with E-state index in [0.29, 0.717) is 11.8 Å². The molecule has 0 amide bonds. The summed E-state index contributed by atoms with van der Waals surface area (Å²) in [5, 5.41) is 5.19. The molecule has 0 saturated carbocycles. The number of benzene rings is 3. The Morgan fingerprint density at radius 1 is 0.875 bits per heavy atom. The predicted molar refractivity (Wildman–Crippen MR) is 169 cm³/mol. The number of aromatic nitrogens is 2. The van der Waals surface area contributed by atoms with Gasteiger partial charge >= 0.3 is 0 Å². The van der Waals surface area contributed by atoms with Crippen LogP contribution < -0.4 is 5.32 Å². The molecule has 0 saturated heterocycles. The van der Waals surface area contributed by atoms with Gasteiger partial charge in [-0.15, -0.1) is 0 Å². The topological polar surface area (TPSA) is 43.0 Å². The number of rotatable bonds is 8. The highest BCUT2D eigenvalue weighted by Gasteiger charge is 2.28. The van der Waals surface area contributed by atoms with E-state index >= 15 is 0 Å². The number of hydrogen-bond acceptors (Lipinski definition) is 3. The van der Waals surface area contributed by atoms with Gasteiger partial charge in [0.2, 0.25) is 0 Å². The molecule has 0 aliphatic rings. The fourth-order valence-corrected chi connectivity index (χ4v) is 6.27. The molecule has 0 spiro atoms. The van der Waals surface area contributed by atoms with Gasteiger partial charge in [-0.2, -0.15) is 0 Å². The molecule has 208 valence electrons. The summed E-state index contributed by atoms with van der Waals surface area (Å²) in [6.45, 7) is 17.9. The largest absolute Gasteiger partial charge is 0.460 e. The van der Waals surface area contributed by atoms with Gasteiger partial charge in [0, 0.05) is 30.7 Å². The highest BCUT2D eigenvalue weighted by Crippen LogP contribution is 2.40. The molecule has 5 aromatic rings. The van der Waals surface area contributed by atoms with Gasteiger partial charge in [0.1, 0.15) is 23.2 Å². The van der Waals surface area contributed by atoms with Gasteiger partial charge < -0.3 is 14.3 Å². The van der Waals surface area contributed by atoms with Crippen molar-refractivity contribution in [3.8, 4) is 11.3 Å². The zero-order valence-corrected chi connectivity index (χ0v) is 25.5. The molecule has 1 unspecified atom stereocenters. The first-order valence-corrected chi connectivity index (χ1v) is 14.6. The normalized spacial score (nSPS) is 12.6. The van der Waals surface area contributed by atoms with Crippen LogP contribution in [0.4, 0.5) is 5.69 Å². The lowest BCUT2D eigenvalue weighted by molar-refractivity contribution is 0.558. The number of para-hydroxylation sites is 2. The van der Waals surface area contributed by atoms with Crippen LogP contribution in [0.5, 0.6) is 0 Å². The smallest absolute Gasteiger partial charge is 0.136 e. The first kappa shape index (κ1) is 27.8. The fraction of sp³-hybridized carbons (Fsp3) is 0.361. The van der Waals surface area contributed by atoms with Crippen LogP contribution in [0.15, 0.2) is 65.2 Å². The van der Waals surface area contributed by atoms with E-state index in [4.69, 9.17) is 9.40 Å². The molecule has 4 heteroatoms. The summed E-state index contributed by atoms with van der Waals surface area (Å²) in [5.41, 5.74) is 12.0. The third-order valence-electron chi connectivity index (χ3n) is 8.10. The van der Waals surface area contributed by atoms with Crippen LogP contribution in [0.1, 0.15) is 97.5 Å². The van der Waals surface area contributed by atoms with Crippen molar-refractivity contribution in [2.24, 2.45) is 7.05 Å². The Balaban J connectivity index is 1.74. The minimum absolute atomic E-state index is 0.125. The lowest BCUT2D eigenvalue weighted by Crippen LogP contribution is -2.21. The van der Waals surface area contributed by atoms with Crippen LogP contribution in [0.3, 0.4) is 0 Å². The Labute approximate surface area is 239 Å². The monoisotopic (exact) mass is 533 g/mol. The van der Waals surface area contributed by atoms with Crippen LogP contribution in [0.2, 0.25) is 0 Å². The molecule has 4 nitrogen and oxygen atoms in total. The van der Waals surface area contributed by atoms with E-state index in [1.54, 1.807) is 0 Å². The lowest BCUT2D eigenvalue weighted by atomic mass is 9.89. The quantitative estimate of drug-likeness (QED) is 0.216. The van der Waals surface area contributed by atoms with E-state index in [1.165, 1.54) is 39.1 Å². The molecule has 5 rings (SSSR count). The van der Waals surface area contributed by atoms with E-state index in [2.05, 4.69) is 121 Å². The number of aryl methyl sites for hydroxylation is 5. The average Bonchev–Trinajstić information content (AvgIpc) is 3.47. The number of nitrogens with zero attached hydrogens (tertiary/aromatic N) is 2. The van der Waals surface area contributed by atoms with Crippen LogP contribution in [0.25, 0.3) is 22.2 Å². The summed E-state index contributed by atoms with van der Waals surface area (Å²) in [6, 6.07) is 19.5. The van der Waals surface area contributed by atoms with Crippen molar-refractivity contribution in [3.63, 3.8) is 0 Å². The molecule has 3 aromatic carbocycles. The van der Waals surface area contributed by atoms with Crippen molar-refractivity contribution in [2.75, 3.05) is 5.32 Å². The van der Waals surface area contributed by atoms with Crippen molar-refractivity contribution in [3.05, 3.63) is 106 Å². The molecule has 1 N–H and O–H groups in total. The molecule has 40 heavy (non-hydrogen) atoms. The van der Waals surface area contributed by atoms with Gasteiger partial charge in [-0.05, 0) is 66.5 Å². The Bertz CT molecular complexity index is 1620. The maximum Gasteiger partial charge on any atom is 0.136 e. The van der Waals surface area contributed by atoms with Crippen molar-refractivity contribution < 1.29 is 4.42 Å². The second-order valence-electron chi connectivity index (χ2n) is 11.9. The molecule has 0 bridgehead atoms. The number of fused-ring (bicyclic) bond motifs is 1. The van der Waals surface area contributed by atoms with Gasteiger partial charge in [-0.1, -0.05) is 88.7 Å². The number of furan rings is 1. The number of anilines is 1. The first-order valence-electron chi connectivity index (χ1n) is 14.6. The minimum Gasteiger partial charge on any atom is -0.460 e. The van der Waals surface area contributed by atoms with Crippen LogP contribution >= 0.6 is 0 Å². The third-order valence-corrected chi connectivity index (χ3v) is 8.10. The van der Waals surface area contributed by atoms with E-state index < -0.39 is 0 Å². The average molecular weight is 534 g/mol. The zero-order chi connectivity index (χ0) is 28.7. The highest BCUT2D eigenvalue weighted by atomic mass is 16.3. The minimum atomic E-state index is -0.125. The van der Waals surface area contributed by atoms with Crippen molar-refractivity contribution in [1.29, 1.82) is 0 Å². The van der Waals surface area contributed by atoms with Crippen molar-refractivity contribution >= 4 is 16.7 Å². The molecule has 0 aliphatic carbocycles. The first-order chi connectivity index (χ1) is 19.1. The van der Waals surface area contributed by atoms with Gasteiger partial charge in [0.15, 0.2) is 0 Å². The Morgan fingerprint density at radius 3 is 2.10 bits per heavy atom. The van der Waals surface area contributed by atoms with E-state index in [-0.39, 0.29) is 6.04 Å². The summed E-state index contributed by atoms with van der Waals surface area (Å²) >= 11 is 0. The van der Waals surface area contributed by atoms with Crippen LogP contribution in [0, 0.1) is 20.8 Å². The molecular formula is C36H43N3O. The van der Waals surface area contributed by atoms with Crippen LogP contribution in [-0.2, 0) is 13.5 Å². The van der Waals surface area contributed by atoms with E-state index in [9.17, 15) is 0 Å². The van der Waals surface area contributed by atoms with Gasteiger partial charge in [-0.25, -0.2) is 4.98 Å². The second-order valence-corrected chi connectivity index (χ2v) is 11.9. The molecule has 1 atom stereocenters. The summed E-state index contributed by atoms with van der Waals surface area (Å²) in [5.74, 6) is 2.75. The van der Waals surface area contributed by atoms with E-state index in [0.717, 1.165) is 40.2 Å². The molecule has 0 fully saturated rings. The highest BCUT2D eigenvalue weighted by molar-refractivity contribution is 5.94. The Kier molecular flexibility index (Phi) is 7.63. The van der Waals surface area contributed by atoms with Gasteiger partial charge in [0.25, 0.3) is 0 Å². The second kappa shape index (κ2) is 11.0. The van der Waals surface area contributed by atoms with Crippen molar-refractivity contribution in [1.82, 2.24) is 9.55 Å². The molecule has 2 aromatic heterocycles. The molecule has 0 aliphatic heterocycles. The van der Waals surface area contributed by atoms with Crippen LogP contribution in [-0.4, -0.2) is 9.55 Å². The Hall–Kier alpha value is -3.79.